The van der Waals surface area contributed by atoms with Crippen LogP contribution >= 0.6 is 11.8 Å². The van der Waals surface area contributed by atoms with E-state index in [0.29, 0.717) is 11.6 Å². The number of rotatable bonds is 9. The lowest BCUT2D eigenvalue weighted by Gasteiger charge is -2.25. The highest BCUT2D eigenvalue weighted by atomic mass is 32.2. The highest BCUT2D eigenvalue weighted by Crippen LogP contribution is 2.30. The van der Waals surface area contributed by atoms with Gasteiger partial charge in [-0.3, -0.25) is 4.79 Å². The molecule has 1 N–H and O–H groups in total. The van der Waals surface area contributed by atoms with Gasteiger partial charge in [-0.2, -0.15) is 5.10 Å². The number of aliphatic carboxylic acids is 1. The largest absolute Gasteiger partial charge is 0.480 e. The molecule has 1 atom stereocenters. The highest BCUT2D eigenvalue weighted by Gasteiger charge is 2.26. The van der Waals surface area contributed by atoms with Crippen molar-refractivity contribution >= 4 is 17.7 Å². The zero-order valence-electron chi connectivity index (χ0n) is 12.8. The molecule has 0 spiro atoms. The first-order valence-corrected chi connectivity index (χ1v) is 8.10. The molecule has 0 fully saturated rings. The molecule has 0 amide bonds. The van der Waals surface area contributed by atoms with Crippen LogP contribution in [-0.2, 0) is 10.3 Å². The van der Waals surface area contributed by atoms with E-state index in [-0.39, 0.29) is 5.54 Å². The summed E-state index contributed by atoms with van der Waals surface area (Å²) in [7, 11) is 0. The number of hydrogen-bond acceptors (Lipinski definition) is 4. The quantitative estimate of drug-likeness (QED) is 0.558. The van der Waals surface area contributed by atoms with E-state index in [4.69, 9.17) is 0 Å². The summed E-state index contributed by atoms with van der Waals surface area (Å²) >= 11 is 1.31. The van der Waals surface area contributed by atoms with Crippen LogP contribution in [0.4, 0.5) is 0 Å². The maximum absolute atomic E-state index is 11.4. The van der Waals surface area contributed by atoms with E-state index in [1.54, 1.807) is 0 Å². The van der Waals surface area contributed by atoms with Gasteiger partial charge in [-0.1, -0.05) is 44.9 Å². The van der Waals surface area contributed by atoms with Crippen LogP contribution in [0, 0.1) is 0 Å². The van der Waals surface area contributed by atoms with E-state index in [2.05, 4.69) is 37.8 Å². The molecule has 0 saturated heterocycles. The fourth-order valence-corrected chi connectivity index (χ4v) is 2.96. The first-order chi connectivity index (χ1) is 9.42. The standard InChI is InChI=1S/C14H25N3O2S/c1-5-7-8-9-11(12(18)19)20-13-15-10-16-17(13)14(3,4)6-2/h10-11H,5-9H2,1-4H3,(H,18,19). The molecule has 6 heteroatoms. The summed E-state index contributed by atoms with van der Waals surface area (Å²) in [6.45, 7) is 8.37. The van der Waals surface area contributed by atoms with E-state index in [1.807, 2.05) is 4.68 Å². The summed E-state index contributed by atoms with van der Waals surface area (Å²) in [6, 6.07) is 0. The Morgan fingerprint density at radius 1 is 1.45 bits per heavy atom. The molecule has 0 aliphatic heterocycles. The van der Waals surface area contributed by atoms with Gasteiger partial charge in [0.2, 0.25) is 0 Å². The monoisotopic (exact) mass is 299 g/mol. The molecule has 1 aromatic rings. The smallest absolute Gasteiger partial charge is 0.317 e. The normalized spacial score (nSPS) is 13.4. The third-order valence-electron chi connectivity index (χ3n) is 3.55. The maximum atomic E-state index is 11.4. The Morgan fingerprint density at radius 3 is 2.70 bits per heavy atom. The lowest BCUT2D eigenvalue weighted by molar-refractivity contribution is -0.136. The predicted octanol–water partition coefficient (Wildman–Crippen LogP) is 3.55. The SMILES string of the molecule is CCCCCC(Sc1ncnn1C(C)(C)CC)C(=O)O. The van der Waals surface area contributed by atoms with E-state index in [1.165, 1.54) is 18.1 Å². The van der Waals surface area contributed by atoms with Gasteiger partial charge >= 0.3 is 5.97 Å². The van der Waals surface area contributed by atoms with Gasteiger partial charge < -0.3 is 5.11 Å². The molecular formula is C14H25N3O2S. The van der Waals surface area contributed by atoms with Crippen LogP contribution in [0.5, 0.6) is 0 Å². The number of thioether (sulfide) groups is 1. The van der Waals surface area contributed by atoms with Gasteiger partial charge in [-0.25, -0.2) is 9.67 Å². The number of aromatic nitrogens is 3. The number of hydrogen-bond donors (Lipinski definition) is 1. The summed E-state index contributed by atoms with van der Waals surface area (Å²) < 4.78 is 1.84. The lowest BCUT2D eigenvalue weighted by Crippen LogP contribution is -2.28. The van der Waals surface area contributed by atoms with Gasteiger partial charge in [0.05, 0.1) is 5.54 Å². The van der Waals surface area contributed by atoms with Crippen molar-refractivity contribution in [1.82, 2.24) is 14.8 Å². The first kappa shape index (κ1) is 17.0. The Kier molecular flexibility index (Phi) is 6.52. The maximum Gasteiger partial charge on any atom is 0.317 e. The van der Waals surface area contributed by atoms with Gasteiger partial charge in [0.25, 0.3) is 0 Å². The second-order valence-electron chi connectivity index (χ2n) is 5.56. The molecule has 1 rings (SSSR count). The summed E-state index contributed by atoms with van der Waals surface area (Å²) in [6.07, 6.45) is 6.19. The minimum absolute atomic E-state index is 0.148. The van der Waals surface area contributed by atoms with Crippen LogP contribution in [0.25, 0.3) is 0 Å². The summed E-state index contributed by atoms with van der Waals surface area (Å²) in [5, 5.41) is 13.9. The average molecular weight is 299 g/mol. The van der Waals surface area contributed by atoms with Gasteiger partial charge in [-0.15, -0.1) is 0 Å². The first-order valence-electron chi connectivity index (χ1n) is 7.22. The topological polar surface area (TPSA) is 68.0 Å². The molecule has 1 aromatic heterocycles. The predicted molar refractivity (Wildman–Crippen MR) is 81.1 cm³/mol. The molecule has 0 saturated carbocycles. The molecule has 0 aromatic carbocycles. The van der Waals surface area contributed by atoms with Crippen molar-refractivity contribution in [3.8, 4) is 0 Å². The minimum Gasteiger partial charge on any atom is -0.480 e. The van der Waals surface area contributed by atoms with Crippen LogP contribution < -0.4 is 0 Å². The number of nitrogens with zero attached hydrogens (tertiary/aromatic N) is 3. The molecular weight excluding hydrogens is 274 g/mol. The van der Waals surface area contributed by atoms with Crippen LogP contribution in [-0.4, -0.2) is 31.1 Å². The molecule has 114 valence electrons. The van der Waals surface area contributed by atoms with Crippen LogP contribution in [0.1, 0.15) is 59.8 Å². The zero-order valence-corrected chi connectivity index (χ0v) is 13.6. The lowest BCUT2D eigenvalue weighted by atomic mass is 10.0. The van der Waals surface area contributed by atoms with Crippen molar-refractivity contribution in [2.45, 2.75) is 75.7 Å². The molecule has 0 aliphatic carbocycles. The molecule has 0 bridgehead atoms. The van der Waals surface area contributed by atoms with Crippen LogP contribution in [0.15, 0.2) is 11.5 Å². The van der Waals surface area contributed by atoms with E-state index >= 15 is 0 Å². The van der Waals surface area contributed by atoms with Gasteiger partial charge in [-0.05, 0) is 26.7 Å². The van der Waals surface area contributed by atoms with Gasteiger partial charge in [0.1, 0.15) is 11.6 Å². The van der Waals surface area contributed by atoms with E-state index < -0.39 is 11.2 Å². The second-order valence-corrected chi connectivity index (χ2v) is 6.73. The van der Waals surface area contributed by atoms with Gasteiger partial charge in [0, 0.05) is 0 Å². The van der Waals surface area contributed by atoms with Crippen molar-refractivity contribution in [2.75, 3.05) is 0 Å². The Morgan fingerprint density at radius 2 is 2.15 bits per heavy atom. The zero-order chi connectivity index (χ0) is 15.2. The fraction of sp³-hybridized carbons (Fsp3) is 0.786. The molecule has 1 unspecified atom stereocenters. The Bertz CT molecular complexity index is 432. The van der Waals surface area contributed by atoms with Crippen molar-refractivity contribution in [3.63, 3.8) is 0 Å². The van der Waals surface area contributed by atoms with E-state index in [0.717, 1.165) is 25.7 Å². The number of carboxylic acids is 1. The Labute approximate surface area is 125 Å². The molecule has 0 aliphatic rings. The Hall–Kier alpha value is -1.04. The van der Waals surface area contributed by atoms with Gasteiger partial charge in [0.15, 0.2) is 5.16 Å². The molecule has 20 heavy (non-hydrogen) atoms. The van der Waals surface area contributed by atoms with Crippen molar-refractivity contribution in [1.29, 1.82) is 0 Å². The summed E-state index contributed by atoms with van der Waals surface area (Å²) in [4.78, 5) is 15.6. The van der Waals surface area contributed by atoms with Crippen molar-refractivity contribution in [3.05, 3.63) is 6.33 Å². The molecule has 0 radical (unpaired) electrons. The van der Waals surface area contributed by atoms with Crippen molar-refractivity contribution in [2.24, 2.45) is 0 Å². The summed E-state index contributed by atoms with van der Waals surface area (Å²) in [5.74, 6) is -0.769. The number of carbonyl (C=O) groups is 1. The second kappa shape index (κ2) is 7.67. The minimum atomic E-state index is -0.769. The third kappa shape index (κ3) is 4.51. The number of unbranched alkanes of at least 4 members (excludes halogenated alkanes) is 2. The van der Waals surface area contributed by atoms with E-state index in [9.17, 15) is 9.90 Å². The highest BCUT2D eigenvalue weighted by molar-refractivity contribution is 8.00. The molecule has 5 nitrogen and oxygen atoms in total. The third-order valence-corrected chi connectivity index (χ3v) is 4.76. The Balaban J connectivity index is 2.79. The van der Waals surface area contributed by atoms with Crippen LogP contribution in [0.3, 0.4) is 0 Å². The summed E-state index contributed by atoms with van der Waals surface area (Å²) in [5.41, 5.74) is -0.148. The fourth-order valence-electron chi connectivity index (χ4n) is 1.82. The van der Waals surface area contributed by atoms with Crippen LogP contribution in [0.2, 0.25) is 0 Å². The molecule has 1 heterocycles. The number of carboxylic acid groups (broad SMARTS) is 1. The average Bonchev–Trinajstić information content (AvgIpc) is 2.86. The van der Waals surface area contributed by atoms with Crippen molar-refractivity contribution < 1.29 is 9.90 Å².